The van der Waals surface area contributed by atoms with Gasteiger partial charge < -0.3 is 20.8 Å². The van der Waals surface area contributed by atoms with Crippen molar-refractivity contribution in [3.8, 4) is 0 Å². The maximum absolute atomic E-state index is 11.8. The molecule has 0 aliphatic heterocycles. The maximum Gasteiger partial charge on any atom is 0.249 e. The molecular formula is C19H32N2O5S. The third-order valence-electron chi connectivity index (χ3n) is 3.67. The molecule has 0 aromatic rings. The monoisotopic (exact) mass is 400 g/mol. The van der Waals surface area contributed by atoms with Gasteiger partial charge >= 0.3 is 0 Å². The molecule has 27 heavy (non-hydrogen) atoms. The van der Waals surface area contributed by atoms with E-state index in [2.05, 4.69) is 23.3 Å². The number of hydrogen-bond donors (Lipinski definition) is 4. The van der Waals surface area contributed by atoms with Crippen LogP contribution in [0.3, 0.4) is 0 Å². The summed E-state index contributed by atoms with van der Waals surface area (Å²) in [7, 11) is 0. The van der Waals surface area contributed by atoms with Crippen molar-refractivity contribution < 1.29 is 24.6 Å². The van der Waals surface area contributed by atoms with Gasteiger partial charge in [0.1, 0.15) is 6.10 Å². The van der Waals surface area contributed by atoms with E-state index in [4.69, 9.17) is 5.11 Å². The van der Waals surface area contributed by atoms with Crippen LogP contribution >= 0.6 is 11.8 Å². The van der Waals surface area contributed by atoms with Gasteiger partial charge in [-0.15, -0.1) is 5.73 Å². The zero-order valence-electron chi connectivity index (χ0n) is 16.4. The van der Waals surface area contributed by atoms with Crippen LogP contribution in [0.25, 0.3) is 0 Å². The van der Waals surface area contributed by atoms with E-state index in [0.29, 0.717) is 18.7 Å². The number of nitrogens with one attached hydrogen (secondary N) is 2. The molecule has 0 heterocycles. The molecule has 0 saturated carbocycles. The van der Waals surface area contributed by atoms with Crippen LogP contribution < -0.4 is 10.6 Å². The SMILES string of the molecule is CCCC=C=CCC(=O)SCCNC(=O)CCNC(=O)C(O)C(C)(C)CO. The Morgan fingerprint density at radius 1 is 1.19 bits per heavy atom. The molecule has 7 nitrogen and oxygen atoms in total. The first-order valence-corrected chi connectivity index (χ1v) is 10.1. The molecular weight excluding hydrogens is 368 g/mol. The number of unbranched alkanes of at least 4 members (excludes halogenated alkanes) is 1. The fourth-order valence-electron chi connectivity index (χ4n) is 1.79. The predicted molar refractivity (Wildman–Crippen MR) is 107 cm³/mol. The van der Waals surface area contributed by atoms with Gasteiger partial charge in [0.25, 0.3) is 0 Å². The van der Waals surface area contributed by atoms with E-state index < -0.39 is 17.4 Å². The molecule has 0 aliphatic carbocycles. The van der Waals surface area contributed by atoms with Gasteiger partial charge in [-0.05, 0) is 18.6 Å². The Balaban J connectivity index is 3.85. The third kappa shape index (κ3) is 12.4. The molecule has 0 fully saturated rings. The Kier molecular flexibility index (Phi) is 13.6. The highest BCUT2D eigenvalue weighted by molar-refractivity contribution is 8.13. The normalized spacial score (nSPS) is 11.9. The lowest BCUT2D eigenvalue weighted by atomic mass is 9.87. The van der Waals surface area contributed by atoms with Crippen LogP contribution in [0, 0.1) is 5.41 Å². The second-order valence-electron chi connectivity index (χ2n) is 6.73. The highest BCUT2D eigenvalue weighted by Crippen LogP contribution is 2.19. The first kappa shape index (κ1) is 25.4. The molecule has 0 rings (SSSR count). The topological polar surface area (TPSA) is 116 Å². The zero-order chi connectivity index (χ0) is 20.7. The Morgan fingerprint density at radius 2 is 1.89 bits per heavy atom. The second-order valence-corrected chi connectivity index (χ2v) is 7.88. The number of allylic oxidation sites excluding steroid dienone is 1. The maximum atomic E-state index is 11.8. The average Bonchev–Trinajstić information content (AvgIpc) is 2.64. The molecule has 8 heteroatoms. The van der Waals surface area contributed by atoms with Crippen LogP contribution in [0.5, 0.6) is 0 Å². The minimum absolute atomic E-state index is 0.0226. The Morgan fingerprint density at radius 3 is 2.52 bits per heavy atom. The highest BCUT2D eigenvalue weighted by Gasteiger charge is 2.32. The van der Waals surface area contributed by atoms with E-state index in [-0.39, 0.29) is 30.6 Å². The van der Waals surface area contributed by atoms with Gasteiger partial charge in [-0.3, -0.25) is 14.4 Å². The molecule has 0 spiro atoms. The first-order valence-electron chi connectivity index (χ1n) is 9.13. The van der Waals surface area contributed by atoms with Crippen molar-refractivity contribution in [3.05, 3.63) is 17.9 Å². The summed E-state index contributed by atoms with van der Waals surface area (Å²) in [6, 6.07) is 0. The molecule has 0 saturated heterocycles. The van der Waals surface area contributed by atoms with Crippen LogP contribution in [0.2, 0.25) is 0 Å². The van der Waals surface area contributed by atoms with Crippen molar-refractivity contribution >= 4 is 28.7 Å². The molecule has 0 radical (unpaired) electrons. The quantitative estimate of drug-likeness (QED) is 0.272. The van der Waals surface area contributed by atoms with Gasteiger partial charge in [0.2, 0.25) is 11.8 Å². The van der Waals surface area contributed by atoms with E-state index in [1.165, 1.54) is 0 Å². The summed E-state index contributed by atoms with van der Waals surface area (Å²) in [5.74, 6) is -0.391. The number of hydrogen-bond acceptors (Lipinski definition) is 6. The van der Waals surface area contributed by atoms with E-state index in [1.807, 2.05) is 6.08 Å². The Labute approximate surface area is 165 Å². The smallest absolute Gasteiger partial charge is 0.249 e. The van der Waals surface area contributed by atoms with Gasteiger partial charge in [0.05, 0.1) is 6.61 Å². The lowest BCUT2D eigenvalue weighted by molar-refractivity contribution is -0.137. The molecule has 1 unspecified atom stereocenters. The standard InChI is InChI=1S/C19H32N2O5S/c1-4-5-6-7-8-9-16(24)27-13-12-20-15(23)10-11-21-18(26)17(25)19(2,3)14-22/h6,8,17,22,25H,4-5,9-14H2,1-3H3,(H,20,23)(H,21,26). The number of thioether (sulfide) groups is 1. The van der Waals surface area contributed by atoms with Gasteiger partial charge in [0, 0.05) is 37.1 Å². The van der Waals surface area contributed by atoms with Crippen LogP contribution in [-0.2, 0) is 14.4 Å². The Hall–Kier alpha value is -1.60. The molecule has 0 aromatic carbocycles. The summed E-state index contributed by atoms with van der Waals surface area (Å²) in [5, 5.41) is 24.1. The highest BCUT2D eigenvalue weighted by atomic mass is 32.2. The third-order valence-corrected chi connectivity index (χ3v) is 4.57. The summed E-state index contributed by atoms with van der Waals surface area (Å²) < 4.78 is 0. The van der Waals surface area contributed by atoms with Crippen molar-refractivity contribution in [2.24, 2.45) is 5.41 Å². The van der Waals surface area contributed by atoms with E-state index in [9.17, 15) is 19.5 Å². The van der Waals surface area contributed by atoms with Gasteiger partial charge in [-0.1, -0.05) is 39.0 Å². The number of carbonyl (C=O) groups excluding carboxylic acids is 3. The number of carbonyl (C=O) groups is 3. The molecule has 154 valence electrons. The van der Waals surface area contributed by atoms with Gasteiger partial charge in [-0.25, -0.2) is 0 Å². The number of aliphatic hydroxyl groups excluding tert-OH is 2. The van der Waals surface area contributed by atoms with Crippen LogP contribution in [-0.4, -0.2) is 58.7 Å². The van der Waals surface area contributed by atoms with Gasteiger partial charge in [-0.2, -0.15) is 0 Å². The summed E-state index contributed by atoms with van der Waals surface area (Å²) in [4.78, 5) is 35.1. The van der Waals surface area contributed by atoms with Crippen LogP contribution in [0.1, 0.15) is 46.5 Å². The lowest BCUT2D eigenvalue weighted by Crippen LogP contribution is -2.46. The van der Waals surface area contributed by atoms with Crippen molar-refractivity contribution in [2.45, 2.75) is 52.6 Å². The minimum Gasteiger partial charge on any atom is -0.396 e. The molecule has 4 N–H and O–H groups in total. The summed E-state index contributed by atoms with van der Waals surface area (Å²) in [6.45, 7) is 5.33. The minimum atomic E-state index is -1.35. The average molecular weight is 401 g/mol. The fourth-order valence-corrected chi connectivity index (χ4v) is 2.43. The molecule has 2 amide bonds. The summed E-state index contributed by atoms with van der Waals surface area (Å²) in [5.41, 5.74) is 2.01. The largest absolute Gasteiger partial charge is 0.396 e. The predicted octanol–water partition coefficient (Wildman–Crippen LogP) is 1.15. The zero-order valence-corrected chi connectivity index (χ0v) is 17.2. The van der Waals surface area contributed by atoms with E-state index in [1.54, 1.807) is 19.9 Å². The van der Waals surface area contributed by atoms with Crippen molar-refractivity contribution in [2.75, 3.05) is 25.4 Å². The van der Waals surface area contributed by atoms with Crippen molar-refractivity contribution in [3.63, 3.8) is 0 Å². The van der Waals surface area contributed by atoms with Crippen molar-refractivity contribution in [1.82, 2.24) is 10.6 Å². The second kappa shape index (κ2) is 14.5. The van der Waals surface area contributed by atoms with Crippen molar-refractivity contribution in [1.29, 1.82) is 0 Å². The molecule has 0 aliphatic rings. The van der Waals surface area contributed by atoms with Gasteiger partial charge in [0.15, 0.2) is 5.12 Å². The number of aliphatic hydroxyl groups is 2. The lowest BCUT2D eigenvalue weighted by Gasteiger charge is -2.27. The molecule has 0 bridgehead atoms. The Bertz CT molecular complexity index is 542. The fraction of sp³-hybridized carbons (Fsp3) is 0.684. The van der Waals surface area contributed by atoms with E-state index >= 15 is 0 Å². The molecule has 0 aromatic heterocycles. The number of amides is 2. The summed E-state index contributed by atoms with van der Waals surface area (Å²) >= 11 is 1.15. The molecule has 1 atom stereocenters. The number of rotatable bonds is 13. The first-order chi connectivity index (χ1) is 12.7. The van der Waals surface area contributed by atoms with E-state index in [0.717, 1.165) is 24.6 Å². The van der Waals surface area contributed by atoms with Crippen LogP contribution in [0.15, 0.2) is 17.9 Å². The summed E-state index contributed by atoms with van der Waals surface area (Å²) in [6.07, 6.45) is 4.65. The van der Waals surface area contributed by atoms with Crippen LogP contribution in [0.4, 0.5) is 0 Å².